The highest BCUT2D eigenvalue weighted by Crippen LogP contribution is 2.42. The van der Waals surface area contributed by atoms with E-state index in [4.69, 9.17) is 0 Å². The van der Waals surface area contributed by atoms with Crippen molar-refractivity contribution in [3.8, 4) is 22.4 Å². The molecule has 0 saturated carbocycles. The molecule has 0 N–H and O–H groups in total. The summed E-state index contributed by atoms with van der Waals surface area (Å²) >= 11 is 0. The second-order valence-electron chi connectivity index (χ2n) is 6.50. The molecule has 1 radical (unpaired) electrons. The van der Waals surface area contributed by atoms with E-state index in [1.165, 1.54) is 23.0 Å². The molecule has 1 nitrogen and oxygen atoms in total. The molecule has 4 rings (SSSR count). The van der Waals surface area contributed by atoms with Crippen molar-refractivity contribution in [1.82, 2.24) is 4.57 Å². The molecular weight excluding hydrogens is 309 g/mol. The first-order valence-electron chi connectivity index (χ1n) is 8.52. The van der Waals surface area contributed by atoms with Gasteiger partial charge in [0, 0.05) is 22.5 Å². The smallest absolute Gasteiger partial charge is 0.123 e. The molecule has 0 spiro atoms. The van der Waals surface area contributed by atoms with Crippen LogP contribution in [0.1, 0.15) is 19.9 Å². The predicted octanol–water partition coefficient (Wildman–Crippen LogP) is 6.50. The molecule has 0 aliphatic carbocycles. The highest BCUT2D eigenvalue weighted by Gasteiger charge is 2.21. The molecule has 0 amide bonds. The predicted molar refractivity (Wildman–Crippen MR) is 102 cm³/mol. The Morgan fingerprint density at radius 2 is 1.64 bits per heavy atom. The van der Waals surface area contributed by atoms with Crippen LogP contribution in [0.4, 0.5) is 4.39 Å². The molecule has 3 aromatic carbocycles. The molecule has 0 aliphatic rings. The molecule has 0 bridgehead atoms. The SMILES string of the molecule is CC(C)n1c(-c2c[c]ccc2)c(-c2ccc(F)cc2)c2ccccc21. The summed E-state index contributed by atoms with van der Waals surface area (Å²) in [7, 11) is 0. The van der Waals surface area contributed by atoms with Crippen LogP contribution in [0.2, 0.25) is 0 Å². The van der Waals surface area contributed by atoms with Gasteiger partial charge in [0.15, 0.2) is 0 Å². The van der Waals surface area contributed by atoms with Gasteiger partial charge in [0.05, 0.1) is 5.69 Å². The van der Waals surface area contributed by atoms with Gasteiger partial charge in [0.2, 0.25) is 0 Å². The van der Waals surface area contributed by atoms with Gasteiger partial charge in [0.1, 0.15) is 5.82 Å². The van der Waals surface area contributed by atoms with E-state index >= 15 is 0 Å². The summed E-state index contributed by atoms with van der Waals surface area (Å²) < 4.78 is 15.8. The van der Waals surface area contributed by atoms with Crippen LogP contribution in [0.3, 0.4) is 0 Å². The highest BCUT2D eigenvalue weighted by molar-refractivity contribution is 6.04. The third-order valence-corrected chi connectivity index (χ3v) is 4.54. The Bertz CT molecular complexity index is 1010. The fraction of sp³-hybridized carbons (Fsp3) is 0.130. The highest BCUT2D eigenvalue weighted by atomic mass is 19.1. The number of hydrogen-bond donors (Lipinski definition) is 0. The first-order chi connectivity index (χ1) is 12.2. The molecule has 123 valence electrons. The second-order valence-corrected chi connectivity index (χ2v) is 6.50. The third kappa shape index (κ3) is 2.64. The molecule has 1 heterocycles. The average Bonchev–Trinajstić information content (AvgIpc) is 2.98. The largest absolute Gasteiger partial charge is 0.337 e. The van der Waals surface area contributed by atoms with E-state index in [0.717, 1.165) is 22.4 Å². The van der Waals surface area contributed by atoms with Crippen LogP contribution in [0.25, 0.3) is 33.3 Å². The van der Waals surface area contributed by atoms with Crippen molar-refractivity contribution >= 4 is 10.9 Å². The zero-order chi connectivity index (χ0) is 17.4. The topological polar surface area (TPSA) is 4.93 Å². The minimum Gasteiger partial charge on any atom is -0.337 e. The zero-order valence-corrected chi connectivity index (χ0v) is 14.3. The summed E-state index contributed by atoms with van der Waals surface area (Å²) in [5, 5.41) is 1.18. The Morgan fingerprint density at radius 1 is 0.880 bits per heavy atom. The maximum Gasteiger partial charge on any atom is 0.123 e. The van der Waals surface area contributed by atoms with Crippen molar-refractivity contribution < 1.29 is 4.39 Å². The number of aromatic nitrogens is 1. The van der Waals surface area contributed by atoms with Gasteiger partial charge < -0.3 is 4.57 Å². The van der Waals surface area contributed by atoms with E-state index in [0.29, 0.717) is 6.04 Å². The lowest BCUT2D eigenvalue weighted by molar-refractivity contribution is 0.627. The van der Waals surface area contributed by atoms with E-state index in [2.05, 4.69) is 54.8 Å². The first-order valence-corrected chi connectivity index (χ1v) is 8.52. The Kier molecular flexibility index (Phi) is 3.89. The number of para-hydroxylation sites is 1. The lowest BCUT2D eigenvalue weighted by atomic mass is 9.98. The van der Waals surface area contributed by atoms with Crippen LogP contribution in [-0.4, -0.2) is 4.57 Å². The van der Waals surface area contributed by atoms with Gasteiger partial charge in [-0.05, 0) is 55.3 Å². The standard InChI is InChI=1S/C23H19FN/c1-16(2)25-21-11-7-6-10-20(21)22(17-12-14-19(24)15-13-17)23(25)18-8-4-3-5-9-18/h3-4,6-16H,1-2H3. The monoisotopic (exact) mass is 328 g/mol. The molecule has 0 unspecified atom stereocenters. The van der Waals surface area contributed by atoms with Crippen molar-refractivity contribution in [3.63, 3.8) is 0 Å². The summed E-state index contributed by atoms with van der Waals surface area (Å²) in [6, 6.07) is 26.7. The fourth-order valence-corrected chi connectivity index (χ4v) is 3.53. The van der Waals surface area contributed by atoms with Gasteiger partial charge in [-0.1, -0.05) is 48.5 Å². The number of fused-ring (bicyclic) bond motifs is 1. The molecule has 0 aliphatic heterocycles. The number of rotatable bonds is 3. The Balaban J connectivity index is 2.15. The first kappa shape index (κ1) is 15.6. The van der Waals surface area contributed by atoms with Crippen molar-refractivity contribution in [2.75, 3.05) is 0 Å². The molecular formula is C23H19FN. The fourth-order valence-electron chi connectivity index (χ4n) is 3.53. The van der Waals surface area contributed by atoms with Crippen molar-refractivity contribution in [2.24, 2.45) is 0 Å². The van der Waals surface area contributed by atoms with Gasteiger partial charge in [-0.25, -0.2) is 4.39 Å². The van der Waals surface area contributed by atoms with Crippen molar-refractivity contribution in [3.05, 3.63) is 84.7 Å². The summed E-state index contributed by atoms with van der Waals surface area (Å²) in [4.78, 5) is 0. The molecule has 0 saturated heterocycles. The van der Waals surface area contributed by atoms with Gasteiger partial charge >= 0.3 is 0 Å². The van der Waals surface area contributed by atoms with E-state index in [1.807, 2.05) is 30.3 Å². The molecule has 1 aromatic heterocycles. The second kappa shape index (κ2) is 6.21. The molecule has 25 heavy (non-hydrogen) atoms. The van der Waals surface area contributed by atoms with Crippen molar-refractivity contribution in [2.45, 2.75) is 19.9 Å². The van der Waals surface area contributed by atoms with Gasteiger partial charge in [-0.2, -0.15) is 0 Å². The summed E-state index contributed by atoms with van der Waals surface area (Å²) in [5.74, 6) is -0.217. The number of nitrogens with zero attached hydrogens (tertiary/aromatic N) is 1. The minimum atomic E-state index is -0.217. The summed E-state index contributed by atoms with van der Waals surface area (Å²) in [5.41, 5.74) is 5.63. The van der Waals surface area contributed by atoms with Crippen LogP contribution in [0.15, 0.2) is 72.8 Å². The van der Waals surface area contributed by atoms with Crippen molar-refractivity contribution in [1.29, 1.82) is 0 Å². The number of hydrogen-bond acceptors (Lipinski definition) is 0. The number of benzene rings is 3. The molecule has 0 fully saturated rings. The summed E-state index contributed by atoms with van der Waals surface area (Å²) in [6.45, 7) is 4.38. The maximum atomic E-state index is 13.5. The van der Waals surface area contributed by atoms with E-state index in [9.17, 15) is 4.39 Å². The Labute approximate surface area is 147 Å². The molecule has 2 heteroatoms. The van der Waals surface area contributed by atoms with Gasteiger partial charge in [-0.3, -0.25) is 0 Å². The normalized spacial score (nSPS) is 11.4. The van der Waals surface area contributed by atoms with Crippen LogP contribution in [-0.2, 0) is 0 Å². The summed E-state index contributed by atoms with van der Waals surface area (Å²) in [6.07, 6.45) is 0. The minimum absolute atomic E-state index is 0.217. The molecule has 4 aromatic rings. The molecule has 0 atom stereocenters. The maximum absolute atomic E-state index is 13.5. The van der Waals surface area contributed by atoms with E-state index in [-0.39, 0.29) is 5.82 Å². The third-order valence-electron chi connectivity index (χ3n) is 4.54. The lowest BCUT2D eigenvalue weighted by Gasteiger charge is -2.16. The van der Waals surface area contributed by atoms with E-state index < -0.39 is 0 Å². The van der Waals surface area contributed by atoms with E-state index in [1.54, 1.807) is 0 Å². The van der Waals surface area contributed by atoms with Crippen LogP contribution < -0.4 is 0 Å². The zero-order valence-electron chi connectivity index (χ0n) is 14.3. The Morgan fingerprint density at radius 3 is 2.32 bits per heavy atom. The average molecular weight is 328 g/mol. The van der Waals surface area contributed by atoms with Gasteiger partial charge in [0.25, 0.3) is 0 Å². The quantitative estimate of drug-likeness (QED) is 0.405. The van der Waals surface area contributed by atoms with Crippen LogP contribution >= 0.6 is 0 Å². The van der Waals surface area contributed by atoms with Gasteiger partial charge in [-0.15, -0.1) is 0 Å². The Hall–Kier alpha value is -2.87. The van der Waals surface area contributed by atoms with Crippen LogP contribution in [0, 0.1) is 11.9 Å². The lowest BCUT2D eigenvalue weighted by Crippen LogP contribution is -2.03. The number of halogens is 1. The van der Waals surface area contributed by atoms with Crippen LogP contribution in [0.5, 0.6) is 0 Å².